The predicted molar refractivity (Wildman–Crippen MR) is 79.0 cm³/mol. The first-order valence-corrected chi connectivity index (χ1v) is 6.42. The van der Waals surface area contributed by atoms with Gasteiger partial charge in [0, 0.05) is 17.2 Å². The molecule has 0 atom stereocenters. The number of carbonyl (C=O) groups excluding carboxylic acids is 2. The van der Waals surface area contributed by atoms with Crippen LogP contribution in [0.2, 0.25) is 0 Å². The number of hydrogen-bond donors (Lipinski definition) is 0. The van der Waals surface area contributed by atoms with Crippen LogP contribution in [0.5, 0.6) is 0 Å². The van der Waals surface area contributed by atoms with Gasteiger partial charge in [0.05, 0.1) is 12.0 Å². The fourth-order valence-electron chi connectivity index (χ4n) is 2.06. The third kappa shape index (κ3) is 2.85. The van der Waals surface area contributed by atoms with Gasteiger partial charge >= 0.3 is 5.97 Å². The van der Waals surface area contributed by atoms with Crippen LogP contribution in [0.3, 0.4) is 0 Å². The number of nitro benzene ring substituents is 1. The van der Waals surface area contributed by atoms with Gasteiger partial charge in [-0.25, -0.2) is 4.79 Å². The van der Waals surface area contributed by atoms with Crippen molar-refractivity contribution in [1.82, 2.24) is 0 Å². The minimum absolute atomic E-state index is 0.0510. The first kappa shape index (κ1) is 15.4. The van der Waals surface area contributed by atoms with Crippen LogP contribution in [0.1, 0.15) is 31.8 Å². The lowest BCUT2D eigenvalue weighted by atomic mass is 9.96. The maximum absolute atomic E-state index is 12.5. The highest BCUT2D eigenvalue weighted by Crippen LogP contribution is 2.25. The Morgan fingerprint density at radius 1 is 1.09 bits per heavy atom. The minimum Gasteiger partial charge on any atom is -0.465 e. The zero-order chi connectivity index (χ0) is 16.3. The SMILES string of the molecule is COC(=O)c1c(C(=O)c2ccc(C)cc2)cccc1[N+](=O)[O-]. The van der Waals surface area contributed by atoms with Crippen molar-refractivity contribution in [2.24, 2.45) is 0 Å². The average Bonchev–Trinajstić information content (AvgIpc) is 2.53. The van der Waals surface area contributed by atoms with E-state index in [-0.39, 0.29) is 11.1 Å². The molecule has 0 N–H and O–H groups in total. The van der Waals surface area contributed by atoms with Gasteiger partial charge in [0.2, 0.25) is 0 Å². The van der Waals surface area contributed by atoms with Gasteiger partial charge in [-0.2, -0.15) is 0 Å². The highest BCUT2D eigenvalue weighted by molar-refractivity contribution is 6.15. The first-order chi connectivity index (χ1) is 10.5. The summed E-state index contributed by atoms with van der Waals surface area (Å²) in [6.07, 6.45) is 0. The summed E-state index contributed by atoms with van der Waals surface area (Å²) in [6, 6.07) is 10.6. The Balaban J connectivity index is 2.61. The van der Waals surface area contributed by atoms with Gasteiger partial charge in [0.1, 0.15) is 5.56 Å². The van der Waals surface area contributed by atoms with Crippen LogP contribution in [0.25, 0.3) is 0 Å². The van der Waals surface area contributed by atoms with Crippen molar-refractivity contribution < 1.29 is 19.2 Å². The molecule has 112 valence electrons. The summed E-state index contributed by atoms with van der Waals surface area (Å²) in [5, 5.41) is 11.1. The van der Waals surface area contributed by atoms with Gasteiger partial charge in [-0.1, -0.05) is 35.9 Å². The first-order valence-electron chi connectivity index (χ1n) is 6.42. The number of methoxy groups -OCH3 is 1. The Kier molecular flexibility index (Phi) is 4.31. The molecular weight excluding hydrogens is 286 g/mol. The third-order valence-electron chi connectivity index (χ3n) is 3.19. The molecule has 0 heterocycles. The molecule has 0 unspecified atom stereocenters. The molecule has 0 saturated carbocycles. The van der Waals surface area contributed by atoms with E-state index in [1.165, 1.54) is 12.1 Å². The van der Waals surface area contributed by atoms with E-state index in [2.05, 4.69) is 4.74 Å². The standard InChI is InChI=1S/C16H13NO5/c1-10-6-8-11(9-7-10)15(18)12-4-3-5-13(17(20)21)14(12)16(19)22-2/h3-9H,1-2H3. The quantitative estimate of drug-likeness (QED) is 0.375. The molecule has 0 aliphatic carbocycles. The number of nitro groups is 1. The monoisotopic (exact) mass is 299 g/mol. The van der Waals surface area contributed by atoms with Crippen molar-refractivity contribution in [1.29, 1.82) is 0 Å². The Hall–Kier alpha value is -3.02. The van der Waals surface area contributed by atoms with Gasteiger partial charge in [-0.3, -0.25) is 14.9 Å². The molecule has 2 rings (SSSR count). The lowest BCUT2D eigenvalue weighted by molar-refractivity contribution is -0.385. The molecule has 0 fully saturated rings. The van der Waals surface area contributed by atoms with Crippen LogP contribution >= 0.6 is 0 Å². The van der Waals surface area contributed by atoms with E-state index in [1.54, 1.807) is 24.3 Å². The number of carbonyl (C=O) groups is 2. The van der Waals surface area contributed by atoms with E-state index in [9.17, 15) is 19.7 Å². The number of ketones is 1. The third-order valence-corrected chi connectivity index (χ3v) is 3.19. The molecule has 2 aromatic rings. The highest BCUT2D eigenvalue weighted by Gasteiger charge is 2.28. The van der Waals surface area contributed by atoms with Crippen molar-refractivity contribution >= 4 is 17.4 Å². The number of aryl methyl sites for hydroxylation is 1. The summed E-state index contributed by atoms with van der Waals surface area (Å²) in [7, 11) is 1.11. The van der Waals surface area contributed by atoms with Crippen molar-refractivity contribution in [3.63, 3.8) is 0 Å². The summed E-state index contributed by atoms with van der Waals surface area (Å²) in [4.78, 5) is 34.8. The molecule has 0 saturated heterocycles. The fraction of sp³-hybridized carbons (Fsp3) is 0.125. The van der Waals surface area contributed by atoms with Crippen molar-refractivity contribution in [3.05, 3.63) is 74.8 Å². The number of ether oxygens (including phenoxy) is 1. The largest absolute Gasteiger partial charge is 0.465 e. The van der Waals surface area contributed by atoms with E-state index in [0.29, 0.717) is 5.56 Å². The number of benzene rings is 2. The zero-order valence-electron chi connectivity index (χ0n) is 12.0. The lowest BCUT2D eigenvalue weighted by Crippen LogP contribution is -2.14. The summed E-state index contributed by atoms with van der Waals surface area (Å²) < 4.78 is 4.58. The Bertz CT molecular complexity index is 750. The molecule has 0 amide bonds. The molecule has 0 aliphatic rings. The summed E-state index contributed by atoms with van der Waals surface area (Å²) in [6.45, 7) is 1.88. The Morgan fingerprint density at radius 2 is 1.73 bits per heavy atom. The van der Waals surface area contributed by atoms with Gasteiger partial charge in [0.15, 0.2) is 5.78 Å². The molecular formula is C16H13NO5. The molecule has 22 heavy (non-hydrogen) atoms. The number of hydrogen-bond acceptors (Lipinski definition) is 5. The molecule has 0 spiro atoms. The smallest absolute Gasteiger partial charge is 0.345 e. The van der Waals surface area contributed by atoms with E-state index in [4.69, 9.17) is 0 Å². The zero-order valence-corrected chi connectivity index (χ0v) is 12.0. The molecule has 6 nitrogen and oxygen atoms in total. The maximum atomic E-state index is 12.5. The maximum Gasteiger partial charge on any atom is 0.345 e. The van der Waals surface area contributed by atoms with Gasteiger partial charge in [-0.15, -0.1) is 0 Å². The van der Waals surface area contributed by atoms with Crippen molar-refractivity contribution in [2.45, 2.75) is 6.92 Å². The summed E-state index contributed by atoms with van der Waals surface area (Å²) in [5.41, 5.74) is 0.482. The van der Waals surface area contributed by atoms with Crippen molar-refractivity contribution in [3.8, 4) is 0 Å². The predicted octanol–water partition coefficient (Wildman–Crippen LogP) is 2.92. The van der Waals surface area contributed by atoms with Crippen LogP contribution in [-0.2, 0) is 4.74 Å². The minimum atomic E-state index is -0.914. The van der Waals surface area contributed by atoms with Gasteiger partial charge < -0.3 is 4.74 Å². The van der Waals surface area contributed by atoms with Gasteiger partial charge in [0.25, 0.3) is 5.69 Å². The average molecular weight is 299 g/mol. The second-order valence-corrected chi connectivity index (χ2v) is 4.64. The number of nitrogens with zero attached hydrogens (tertiary/aromatic N) is 1. The van der Waals surface area contributed by atoms with Crippen LogP contribution in [-0.4, -0.2) is 23.8 Å². The molecule has 0 bridgehead atoms. The second kappa shape index (κ2) is 6.17. The fourth-order valence-corrected chi connectivity index (χ4v) is 2.06. The van der Waals surface area contributed by atoms with Crippen LogP contribution < -0.4 is 0 Å². The van der Waals surface area contributed by atoms with Crippen LogP contribution in [0.4, 0.5) is 5.69 Å². The normalized spacial score (nSPS) is 10.1. The second-order valence-electron chi connectivity index (χ2n) is 4.64. The highest BCUT2D eigenvalue weighted by atomic mass is 16.6. The molecule has 0 aliphatic heterocycles. The number of esters is 1. The van der Waals surface area contributed by atoms with Gasteiger partial charge in [-0.05, 0) is 13.0 Å². The lowest BCUT2D eigenvalue weighted by Gasteiger charge is -2.08. The molecule has 2 aromatic carbocycles. The van der Waals surface area contributed by atoms with E-state index >= 15 is 0 Å². The van der Waals surface area contributed by atoms with E-state index in [0.717, 1.165) is 18.7 Å². The molecule has 0 radical (unpaired) electrons. The van der Waals surface area contributed by atoms with Crippen LogP contribution in [0.15, 0.2) is 42.5 Å². The summed E-state index contributed by atoms with van der Waals surface area (Å²) in [5.74, 6) is -1.38. The molecule has 6 heteroatoms. The molecule has 0 aromatic heterocycles. The Morgan fingerprint density at radius 3 is 2.27 bits per heavy atom. The topological polar surface area (TPSA) is 86.5 Å². The Labute approximate surface area is 126 Å². The number of rotatable bonds is 4. The van der Waals surface area contributed by atoms with Crippen molar-refractivity contribution in [2.75, 3.05) is 7.11 Å². The van der Waals surface area contributed by atoms with E-state index < -0.39 is 22.4 Å². The van der Waals surface area contributed by atoms with Crippen LogP contribution in [0, 0.1) is 17.0 Å². The summed E-state index contributed by atoms with van der Waals surface area (Å²) >= 11 is 0. The van der Waals surface area contributed by atoms with E-state index in [1.807, 2.05) is 6.92 Å².